The second-order valence-corrected chi connectivity index (χ2v) is 6.77. The molecule has 6 heteroatoms. The van der Waals surface area contributed by atoms with E-state index in [1.165, 1.54) is 46.6 Å². The number of carbonyl (C=O) groups excluding carboxylic acids is 1. The summed E-state index contributed by atoms with van der Waals surface area (Å²) in [6.45, 7) is 3.96. The monoisotopic (exact) mass is 384 g/mol. The Labute approximate surface area is 166 Å². The molecule has 0 spiro atoms. The number of methoxy groups -OCH3 is 2. The second kappa shape index (κ2) is 9.99. The fourth-order valence-corrected chi connectivity index (χ4v) is 3.38. The van der Waals surface area contributed by atoms with Gasteiger partial charge in [-0.15, -0.1) is 0 Å². The molecule has 6 nitrogen and oxygen atoms in total. The minimum absolute atomic E-state index is 0.284. The fraction of sp³-hybridized carbons (Fsp3) is 0.409. The Kier molecular flexibility index (Phi) is 7.14. The van der Waals surface area contributed by atoms with Crippen molar-refractivity contribution >= 4 is 11.6 Å². The van der Waals surface area contributed by atoms with Crippen LogP contribution in [0.15, 0.2) is 42.5 Å². The summed E-state index contributed by atoms with van der Waals surface area (Å²) in [7, 11) is 3.06. The predicted octanol–water partition coefficient (Wildman–Crippen LogP) is 3.82. The number of carbonyl (C=O) groups is 1. The Morgan fingerprint density at radius 3 is 2.21 bits per heavy atom. The summed E-state index contributed by atoms with van der Waals surface area (Å²) < 4.78 is 16.4. The van der Waals surface area contributed by atoms with E-state index >= 15 is 0 Å². The van der Waals surface area contributed by atoms with Gasteiger partial charge in [-0.25, -0.2) is 0 Å². The van der Waals surface area contributed by atoms with Gasteiger partial charge in [-0.2, -0.15) is 0 Å². The van der Waals surface area contributed by atoms with Crippen LogP contribution in [-0.4, -0.2) is 51.3 Å². The third-order valence-electron chi connectivity index (χ3n) is 4.89. The molecule has 1 saturated heterocycles. The first-order valence-corrected chi connectivity index (χ1v) is 9.69. The second-order valence-electron chi connectivity index (χ2n) is 6.77. The molecule has 0 radical (unpaired) electrons. The molecule has 150 valence electrons. The van der Waals surface area contributed by atoms with Crippen molar-refractivity contribution in [2.75, 3.05) is 45.8 Å². The Bertz CT molecular complexity index is 748. The predicted molar refractivity (Wildman–Crippen MR) is 110 cm³/mol. The normalized spacial score (nSPS) is 14.4. The molecule has 0 aliphatic carbocycles. The van der Waals surface area contributed by atoms with E-state index in [2.05, 4.69) is 10.2 Å². The van der Waals surface area contributed by atoms with Crippen LogP contribution in [0.5, 0.6) is 17.2 Å². The largest absolute Gasteiger partial charge is 0.496 e. The molecule has 28 heavy (non-hydrogen) atoms. The van der Waals surface area contributed by atoms with Gasteiger partial charge in [0.15, 0.2) is 0 Å². The van der Waals surface area contributed by atoms with E-state index in [0.29, 0.717) is 29.4 Å². The van der Waals surface area contributed by atoms with Crippen molar-refractivity contribution in [3.63, 3.8) is 0 Å². The lowest BCUT2D eigenvalue weighted by molar-refractivity contribution is 0.102. The highest BCUT2D eigenvalue weighted by Crippen LogP contribution is 2.29. The number of hydrogen-bond acceptors (Lipinski definition) is 5. The molecule has 1 heterocycles. The highest BCUT2D eigenvalue weighted by atomic mass is 16.5. The van der Waals surface area contributed by atoms with Gasteiger partial charge >= 0.3 is 0 Å². The van der Waals surface area contributed by atoms with Crippen molar-refractivity contribution < 1.29 is 19.0 Å². The number of likely N-dealkylation sites (tertiary alicyclic amines) is 1. The van der Waals surface area contributed by atoms with E-state index < -0.39 is 0 Å². The van der Waals surface area contributed by atoms with Crippen LogP contribution in [-0.2, 0) is 0 Å². The van der Waals surface area contributed by atoms with Crippen molar-refractivity contribution in [1.29, 1.82) is 0 Å². The van der Waals surface area contributed by atoms with E-state index in [4.69, 9.17) is 14.2 Å². The number of nitrogens with zero attached hydrogens (tertiary/aromatic N) is 1. The van der Waals surface area contributed by atoms with Crippen LogP contribution < -0.4 is 19.5 Å². The molecule has 0 aromatic heterocycles. The van der Waals surface area contributed by atoms with Gasteiger partial charge in [-0.1, -0.05) is 12.5 Å². The molecule has 2 aromatic rings. The molecule has 1 fully saturated rings. The van der Waals surface area contributed by atoms with Gasteiger partial charge in [-0.05, 0) is 62.3 Å². The maximum atomic E-state index is 12.7. The van der Waals surface area contributed by atoms with Crippen LogP contribution >= 0.6 is 0 Å². The van der Waals surface area contributed by atoms with Gasteiger partial charge < -0.3 is 19.5 Å². The zero-order chi connectivity index (χ0) is 19.8. The molecule has 1 amide bonds. The molecule has 2 aromatic carbocycles. The maximum absolute atomic E-state index is 12.7. The van der Waals surface area contributed by atoms with Crippen molar-refractivity contribution in [3.8, 4) is 17.2 Å². The van der Waals surface area contributed by atoms with Crippen LogP contribution in [0.3, 0.4) is 0 Å². The number of hydrogen-bond donors (Lipinski definition) is 1. The number of ether oxygens (including phenoxy) is 3. The quantitative estimate of drug-likeness (QED) is 0.750. The SMILES string of the molecule is COc1cccc(OC)c1C(=O)Nc1ccc(OCCN2CCCCC2)cc1. The summed E-state index contributed by atoms with van der Waals surface area (Å²) in [5, 5.41) is 2.88. The van der Waals surface area contributed by atoms with Crippen molar-refractivity contribution in [2.45, 2.75) is 19.3 Å². The fourth-order valence-electron chi connectivity index (χ4n) is 3.38. The van der Waals surface area contributed by atoms with Crippen LogP contribution in [0.25, 0.3) is 0 Å². The molecule has 1 N–H and O–H groups in total. The molecule has 0 saturated carbocycles. The Morgan fingerprint density at radius 2 is 1.61 bits per heavy atom. The first-order valence-electron chi connectivity index (χ1n) is 9.69. The van der Waals surface area contributed by atoms with Crippen molar-refractivity contribution in [3.05, 3.63) is 48.0 Å². The van der Waals surface area contributed by atoms with E-state index in [-0.39, 0.29) is 5.91 Å². The standard InChI is InChI=1S/C22H28N2O4/c1-26-19-7-6-8-20(27-2)21(19)22(25)23-17-9-11-18(12-10-17)28-16-15-24-13-4-3-5-14-24/h6-12H,3-5,13-16H2,1-2H3,(H,23,25). The number of amides is 1. The smallest absolute Gasteiger partial charge is 0.263 e. The summed E-state index contributed by atoms with van der Waals surface area (Å²) in [5.74, 6) is 1.45. The van der Waals surface area contributed by atoms with Gasteiger partial charge in [0.05, 0.1) is 14.2 Å². The molecule has 0 unspecified atom stereocenters. The lowest BCUT2D eigenvalue weighted by Gasteiger charge is -2.26. The zero-order valence-electron chi connectivity index (χ0n) is 16.6. The van der Waals surface area contributed by atoms with Crippen LogP contribution in [0.2, 0.25) is 0 Å². The maximum Gasteiger partial charge on any atom is 0.263 e. The third-order valence-corrected chi connectivity index (χ3v) is 4.89. The van der Waals surface area contributed by atoms with E-state index in [9.17, 15) is 4.79 Å². The summed E-state index contributed by atoms with van der Waals surface area (Å²) in [6.07, 6.45) is 3.90. The van der Waals surface area contributed by atoms with Crippen LogP contribution in [0.4, 0.5) is 5.69 Å². The molecule has 1 aliphatic rings. The molecule has 0 atom stereocenters. The third kappa shape index (κ3) is 5.16. The van der Waals surface area contributed by atoms with E-state index in [1.54, 1.807) is 18.2 Å². The zero-order valence-corrected chi connectivity index (χ0v) is 16.6. The van der Waals surface area contributed by atoms with Crippen molar-refractivity contribution in [1.82, 2.24) is 4.90 Å². The lowest BCUT2D eigenvalue weighted by Crippen LogP contribution is -2.33. The lowest BCUT2D eigenvalue weighted by atomic mass is 10.1. The highest BCUT2D eigenvalue weighted by Gasteiger charge is 2.18. The Hall–Kier alpha value is -2.73. The first-order chi connectivity index (χ1) is 13.7. The summed E-state index contributed by atoms with van der Waals surface area (Å²) in [4.78, 5) is 15.1. The summed E-state index contributed by atoms with van der Waals surface area (Å²) in [6, 6.07) is 12.6. The number of piperidine rings is 1. The average molecular weight is 384 g/mol. The Morgan fingerprint density at radius 1 is 0.964 bits per heavy atom. The minimum Gasteiger partial charge on any atom is -0.496 e. The van der Waals surface area contributed by atoms with E-state index in [1.807, 2.05) is 24.3 Å². The van der Waals surface area contributed by atoms with Crippen molar-refractivity contribution in [2.24, 2.45) is 0 Å². The highest BCUT2D eigenvalue weighted by molar-refractivity contribution is 6.08. The molecular formula is C22H28N2O4. The number of anilines is 1. The summed E-state index contributed by atoms with van der Waals surface area (Å²) >= 11 is 0. The van der Waals surface area contributed by atoms with Gasteiger partial charge in [0, 0.05) is 12.2 Å². The van der Waals surface area contributed by atoms with Crippen LogP contribution in [0.1, 0.15) is 29.6 Å². The number of rotatable bonds is 8. The number of benzene rings is 2. The Balaban J connectivity index is 1.56. The molecule has 1 aliphatic heterocycles. The first kappa shape index (κ1) is 20.0. The van der Waals surface area contributed by atoms with Gasteiger partial charge in [0.2, 0.25) is 0 Å². The summed E-state index contributed by atoms with van der Waals surface area (Å²) in [5.41, 5.74) is 1.05. The molecular weight excluding hydrogens is 356 g/mol. The molecule has 0 bridgehead atoms. The van der Waals surface area contributed by atoms with Gasteiger partial charge in [0.25, 0.3) is 5.91 Å². The van der Waals surface area contributed by atoms with Gasteiger partial charge in [0.1, 0.15) is 29.4 Å². The van der Waals surface area contributed by atoms with Gasteiger partial charge in [-0.3, -0.25) is 9.69 Å². The average Bonchev–Trinajstić information content (AvgIpc) is 2.75. The molecule has 3 rings (SSSR count). The minimum atomic E-state index is -0.284. The number of nitrogens with one attached hydrogen (secondary N) is 1. The van der Waals surface area contributed by atoms with E-state index in [0.717, 1.165) is 12.3 Å². The topological polar surface area (TPSA) is 60.0 Å². The van der Waals surface area contributed by atoms with Crippen LogP contribution in [0, 0.1) is 0 Å².